The molecule has 0 aromatic carbocycles. The molecule has 2 unspecified atom stereocenters. The standard InChI is InChI=1S/C15H22O3/c1-8-4-5-11(9(2)14(16)17)12-10(8)6-7-15(3)13(12)18-15/h8,10-13H,2,4-7H2,1,3H3,(H,16,17)/t8?,10-,11+,12-,13?,15+/m0/s1. The Kier molecular flexibility index (Phi) is 2.60. The van der Waals surface area contributed by atoms with Crippen molar-refractivity contribution in [1.29, 1.82) is 0 Å². The van der Waals surface area contributed by atoms with Gasteiger partial charge in [0.05, 0.1) is 11.7 Å². The Morgan fingerprint density at radius 2 is 2.11 bits per heavy atom. The quantitative estimate of drug-likeness (QED) is 0.605. The molecule has 3 fully saturated rings. The zero-order chi connectivity index (χ0) is 13.1. The Morgan fingerprint density at radius 1 is 1.39 bits per heavy atom. The summed E-state index contributed by atoms with van der Waals surface area (Å²) in [6.45, 7) is 8.30. The maximum Gasteiger partial charge on any atom is 0.331 e. The molecule has 3 aliphatic rings. The summed E-state index contributed by atoms with van der Waals surface area (Å²) in [4.78, 5) is 11.2. The first-order chi connectivity index (χ1) is 8.44. The van der Waals surface area contributed by atoms with Gasteiger partial charge in [-0.2, -0.15) is 0 Å². The normalized spacial score (nSPS) is 50.0. The van der Waals surface area contributed by atoms with E-state index < -0.39 is 5.97 Å². The van der Waals surface area contributed by atoms with E-state index in [1.807, 2.05) is 0 Å². The highest BCUT2D eigenvalue weighted by atomic mass is 16.6. The molecule has 0 bridgehead atoms. The fourth-order valence-corrected chi connectivity index (χ4v) is 4.40. The molecule has 0 spiro atoms. The van der Waals surface area contributed by atoms with E-state index in [9.17, 15) is 9.90 Å². The minimum Gasteiger partial charge on any atom is -0.478 e. The largest absolute Gasteiger partial charge is 0.478 e. The number of carboxylic acid groups (broad SMARTS) is 1. The van der Waals surface area contributed by atoms with Crippen molar-refractivity contribution < 1.29 is 14.6 Å². The Morgan fingerprint density at radius 3 is 2.78 bits per heavy atom. The van der Waals surface area contributed by atoms with Crippen molar-refractivity contribution >= 4 is 5.97 Å². The zero-order valence-corrected chi connectivity index (χ0v) is 11.2. The molecule has 1 saturated heterocycles. The minimum absolute atomic E-state index is 0.0370. The Bertz CT molecular complexity index is 403. The van der Waals surface area contributed by atoms with Crippen LogP contribution in [0.2, 0.25) is 0 Å². The van der Waals surface area contributed by atoms with Gasteiger partial charge in [0.1, 0.15) is 0 Å². The van der Waals surface area contributed by atoms with Gasteiger partial charge in [-0.3, -0.25) is 0 Å². The molecule has 1 heterocycles. The Labute approximate surface area is 108 Å². The van der Waals surface area contributed by atoms with E-state index in [-0.39, 0.29) is 17.6 Å². The van der Waals surface area contributed by atoms with Crippen LogP contribution in [0, 0.1) is 23.7 Å². The molecule has 3 nitrogen and oxygen atoms in total. The summed E-state index contributed by atoms with van der Waals surface area (Å²) in [6, 6.07) is 0. The average Bonchev–Trinajstić information content (AvgIpc) is 3.01. The van der Waals surface area contributed by atoms with Gasteiger partial charge in [0, 0.05) is 5.57 Å². The number of aliphatic carboxylic acids is 1. The van der Waals surface area contributed by atoms with Crippen LogP contribution in [-0.2, 0) is 9.53 Å². The van der Waals surface area contributed by atoms with Gasteiger partial charge in [-0.1, -0.05) is 13.5 Å². The Hall–Kier alpha value is -0.830. The minimum atomic E-state index is -0.832. The molecule has 6 atom stereocenters. The number of hydrogen-bond acceptors (Lipinski definition) is 2. The third-order valence-electron chi connectivity index (χ3n) is 5.61. The average molecular weight is 250 g/mol. The van der Waals surface area contributed by atoms with Gasteiger partial charge in [-0.15, -0.1) is 0 Å². The van der Waals surface area contributed by atoms with Gasteiger partial charge >= 0.3 is 5.97 Å². The number of rotatable bonds is 2. The van der Waals surface area contributed by atoms with Crippen LogP contribution in [0.3, 0.4) is 0 Å². The first-order valence-corrected chi connectivity index (χ1v) is 7.04. The molecule has 3 heteroatoms. The van der Waals surface area contributed by atoms with Crippen LogP contribution in [0.15, 0.2) is 12.2 Å². The predicted molar refractivity (Wildman–Crippen MR) is 68.2 cm³/mol. The van der Waals surface area contributed by atoms with Gasteiger partial charge in [0.2, 0.25) is 0 Å². The highest BCUT2D eigenvalue weighted by Crippen LogP contribution is 2.60. The van der Waals surface area contributed by atoms with Crippen LogP contribution in [0.4, 0.5) is 0 Å². The van der Waals surface area contributed by atoms with Crippen LogP contribution in [0.5, 0.6) is 0 Å². The van der Waals surface area contributed by atoms with Crippen molar-refractivity contribution in [1.82, 2.24) is 0 Å². The smallest absolute Gasteiger partial charge is 0.331 e. The summed E-state index contributed by atoms with van der Waals surface area (Å²) in [7, 11) is 0. The molecule has 1 aliphatic heterocycles. The van der Waals surface area contributed by atoms with Crippen LogP contribution in [0.1, 0.15) is 39.5 Å². The van der Waals surface area contributed by atoms with Gasteiger partial charge in [-0.25, -0.2) is 4.79 Å². The van der Waals surface area contributed by atoms with Crippen LogP contribution in [0.25, 0.3) is 0 Å². The van der Waals surface area contributed by atoms with Crippen molar-refractivity contribution in [3.63, 3.8) is 0 Å². The first kappa shape index (κ1) is 12.2. The van der Waals surface area contributed by atoms with E-state index in [4.69, 9.17) is 4.74 Å². The topological polar surface area (TPSA) is 49.8 Å². The van der Waals surface area contributed by atoms with Crippen molar-refractivity contribution in [3.8, 4) is 0 Å². The molecule has 0 aromatic heterocycles. The lowest BCUT2D eigenvalue weighted by atomic mass is 9.58. The first-order valence-electron chi connectivity index (χ1n) is 7.04. The van der Waals surface area contributed by atoms with Crippen molar-refractivity contribution in [2.24, 2.45) is 23.7 Å². The van der Waals surface area contributed by atoms with Gasteiger partial charge in [0.15, 0.2) is 0 Å². The van der Waals surface area contributed by atoms with Gasteiger partial charge in [-0.05, 0) is 56.3 Å². The SMILES string of the molecule is C=C(C(=O)O)[C@H]1CCC(C)[C@@H]2CC[C@@]3(C)OC3[C@H]12. The second-order valence-corrected chi connectivity index (χ2v) is 6.62. The van der Waals surface area contributed by atoms with E-state index in [2.05, 4.69) is 20.4 Å². The van der Waals surface area contributed by atoms with Crippen molar-refractivity contribution in [2.75, 3.05) is 0 Å². The zero-order valence-electron chi connectivity index (χ0n) is 11.2. The third-order valence-corrected chi connectivity index (χ3v) is 5.61. The summed E-state index contributed by atoms with van der Waals surface area (Å²) < 4.78 is 5.91. The summed E-state index contributed by atoms with van der Waals surface area (Å²) in [6.07, 6.45) is 4.68. The van der Waals surface area contributed by atoms with Crippen molar-refractivity contribution in [3.05, 3.63) is 12.2 Å². The predicted octanol–water partition coefficient (Wildman–Crippen LogP) is 2.86. The lowest BCUT2D eigenvalue weighted by molar-refractivity contribution is -0.134. The third kappa shape index (κ3) is 1.63. The summed E-state index contributed by atoms with van der Waals surface area (Å²) in [5.74, 6) is 0.996. The number of carbonyl (C=O) groups is 1. The fourth-order valence-electron chi connectivity index (χ4n) is 4.40. The fraction of sp³-hybridized carbons (Fsp3) is 0.800. The second kappa shape index (κ2) is 3.83. The maximum absolute atomic E-state index is 11.2. The van der Waals surface area contributed by atoms with Gasteiger partial charge in [0.25, 0.3) is 0 Å². The molecule has 18 heavy (non-hydrogen) atoms. The molecule has 0 radical (unpaired) electrons. The summed E-state index contributed by atoms with van der Waals surface area (Å²) >= 11 is 0. The van der Waals surface area contributed by atoms with E-state index in [1.54, 1.807) is 0 Å². The molecule has 2 aliphatic carbocycles. The molecule has 0 aromatic rings. The van der Waals surface area contributed by atoms with Crippen LogP contribution in [-0.4, -0.2) is 22.8 Å². The molecule has 1 N–H and O–H groups in total. The van der Waals surface area contributed by atoms with Gasteiger partial charge < -0.3 is 9.84 Å². The molecule has 100 valence electrons. The number of fused-ring (bicyclic) bond motifs is 3. The van der Waals surface area contributed by atoms with Crippen molar-refractivity contribution in [2.45, 2.75) is 51.2 Å². The monoisotopic (exact) mass is 250 g/mol. The second-order valence-electron chi connectivity index (χ2n) is 6.62. The summed E-state index contributed by atoms with van der Waals surface area (Å²) in [5, 5.41) is 9.21. The number of hydrogen-bond donors (Lipinski definition) is 1. The highest BCUT2D eigenvalue weighted by molar-refractivity contribution is 5.86. The lowest BCUT2D eigenvalue weighted by Gasteiger charge is -2.44. The number of ether oxygens (including phenoxy) is 1. The number of epoxide rings is 1. The molecular weight excluding hydrogens is 228 g/mol. The molecule has 0 amide bonds. The molecular formula is C15H22O3. The van der Waals surface area contributed by atoms with E-state index >= 15 is 0 Å². The van der Waals surface area contributed by atoms with E-state index in [1.165, 1.54) is 6.42 Å². The highest BCUT2D eigenvalue weighted by Gasteiger charge is 2.63. The summed E-state index contributed by atoms with van der Waals surface area (Å²) in [5.41, 5.74) is 0.437. The molecule has 2 saturated carbocycles. The number of carboxylic acids is 1. The van der Waals surface area contributed by atoms with E-state index in [0.717, 1.165) is 19.3 Å². The molecule has 3 rings (SSSR count). The van der Waals surface area contributed by atoms with E-state index in [0.29, 0.717) is 23.3 Å². The Balaban J connectivity index is 1.87. The van der Waals surface area contributed by atoms with Crippen LogP contribution < -0.4 is 0 Å². The maximum atomic E-state index is 11.2. The lowest BCUT2D eigenvalue weighted by Crippen LogP contribution is -2.43. The van der Waals surface area contributed by atoms with Crippen LogP contribution >= 0.6 is 0 Å².